The molecule has 0 unspecified atom stereocenters. The van der Waals surface area contributed by atoms with Crippen LogP contribution in [0.2, 0.25) is 0 Å². The highest BCUT2D eigenvalue weighted by Crippen LogP contribution is 2.30. The van der Waals surface area contributed by atoms with Gasteiger partial charge in [-0.1, -0.05) is 18.2 Å². The normalized spacial score (nSPS) is 11.8. The summed E-state index contributed by atoms with van der Waals surface area (Å²) < 4.78 is 43.6. The second kappa shape index (κ2) is 7.88. The van der Waals surface area contributed by atoms with E-state index in [4.69, 9.17) is 4.74 Å². The van der Waals surface area contributed by atoms with Crippen LogP contribution in [0.3, 0.4) is 0 Å². The number of benzene rings is 2. The number of amides is 1. The van der Waals surface area contributed by atoms with E-state index in [1.807, 2.05) is 13.8 Å². The molecule has 0 aliphatic carbocycles. The van der Waals surface area contributed by atoms with Crippen LogP contribution in [0.4, 0.5) is 18.9 Å². The lowest BCUT2D eigenvalue weighted by atomic mass is 10.2. The molecule has 0 heterocycles. The summed E-state index contributed by atoms with van der Waals surface area (Å²) in [5.41, 5.74) is 0.0199. The van der Waals surface area contributed by atoms with Crippen molar-refractivity contribution in [1.82, 2.24) is 0 Å². The van der Waals surface area contributed by atoms with Gasteiger partial charge in [0.25, 0.3) is 0 Å². The highest BCUT2D eigenvalue weighted by atomic mass is 19.4. The zero-order valence-corrected chi connectivity index (χ0v) is 13.8. The molecule has 0 saturated carbocycles. The Labute approximate surface area is 144 Å². The second-order valence-corrected chi connectivity index (χ2v) is 5.64. The first-order valence-electron chi connectivity index (χ1n) is 7.67. The van der Waals surface area contributed by atoms with Gasteiger partial charge < -0.3 is 10.1 Å². The van der Waals surface area contributed by atoms with Gasteiger partial charge in [0, 0.05) is 11.8 Å². The molecule has 25 heavy (non-hydrogen) atoms. The first-order chi connectivity index (χ1) is 11.7. The van der Waals surface area contributed by atoms with E-state index >= 15 is 0 Å². The molecule has 132 valence electrons. The Morgan fingerprint density at radius 2 is 1.84 bits per heavy atom. The van der Waals surface area contributed by atoms with Crippen LogP contribution in [0.25, 0.3) is 6.08 Å². The average Bonchev–Trinajstić information content (AvgIpc) is 2.52. The number of halogens is 3. The standard InChI is InChI=1S/C19H18F3NO2/c1-13(2)25-17-8-3-5-14(11-17)9-10-18(24)23-16-7-4-6-15(12-16)19(20,21)22/h3-13H,1-2H3,(H,23,24)/b10-9+. The summed E-state index contributed by atoms with van der Waals surface area (Å²) in [4.78, 5) is 11.9. The largest absolute Gasteiger partial charge is 0.491 e. The van der Waals surface area contributed by atoms with Crippen molar-refractivity contribution in [2.45, 2.75) is 26.1 Å². The van der Waals surface area contributed by atoms with Crippen molar-refractivity contribution in [2.75, 3.05) is 5.32 Å². The van der Waals surface area contributed by atoms with Gasteiger partial charge in [-0.3, -0.25) is 4.79 Å². The van der Waals surface area contributed by atoms with E-state index in [1.54, 1.807) is 30.3 Å². The summed E-state index contributed by atoms with van der Waals surface area (Å²) in [6, 6.07) is 11.7. The second-order valence-electron chi connectivity index (χ2n) is 5.64. The predicted octanol–water partition coefficient (Wildman–Crippen LogP) is 5.14. The molecule has 2 rings (SSSR count). The molecule has 0 fully saturated rings. The number of rotatable bonds is 5. The van der Waals surface area contributed by atoms with Gasteiger partial charge in [-0.25, -0.2) is 0 Å². The maximum Gasteiger partial charge on any atom is 0.416 e. The molecule has 0 aromatic heterocycles. The molecule has 0 atom stereocenters. The van der Waals surface area contributed by atoms with E-state index in [2.05, 4.69) is 5.32 Å². The van der Waals surface area contributed by atoms with Gasteiger partial charge in [0.05, 0.1) is 11.7 Å². The fourth-order valence-electron chi connectivity index (χ4n) is 2.09. The van der Waals surface area contributed by atoms with E-state index in [-0.39, 0.29) is 11.8 Å². The van der Waals surface area contributed by atoms with Crippen LogP contribution in [0, 0.1) is 0 Å². The minimum atomic E-state index is -4.45. The third-order valence-electron chi connectivity index (χ3n) is 3.11. The molecule has 1 N–H and O–H groups in total. The zero-order chi connectivity index (χ0) is 18.4. The number of hydrogen-bond donors (Lipinski definition) is 1. The Hall–Kier alpha value is -2.76. The van der Waals surface area contributed by atoms with Gasteiger partial charge in [0.15, 0.2) is 0 Å². The van der Waals surface area contributed by atoms with Gasteiger partial charge in [-0.15, -0.1) is 0 Å². The smallest absolute Gasteiger partial charge is 0.416 e. The number of nitrogens with one attached hydrogen (secondary N) is 1. The summed E-state index contributed by atoms with van der Waals surface area (Å²) in [5, 5.41) is 2.41. The van der Waals surface area contributed by atoms with E-state index in [9.17, 15) is 18.0 Å². The Morgan fingerprint density at radius 3 is 2.52 bits per heavy atom. The Balaban J connectivity index is 2.04. The summed E-state index contributed by atoms with van der Waals surface area (Å²) in [6.45, 7) is 3.82. The van der Waals surface area contributed by atoms with Gasteiger partial charge in [0.2, 0.25) is 5.91 Å². The molecule has 0 saturated heterocycles. The van der Waals surface area contributed by atoms with Crippen molar-refractivity contribution >= 4 is 17.7 Å². The highest BCUT2D eigenvalue weighted by Gasteiger charge is 2.30. The topological polar surface area (TPSA) is 38.3 Å². The van der Waals surface area contributed by atoms with Crippen molar-refractivity contribution in [1.29, 1.82) is 0 Å². The summed E-state index contributed by atoms with van der Waals surface area (Å²) in [6.07, 6.45) is -1.60. The van der Waals surface area contributed by atoms with Crippen molar-refractivity contribution < 1.29 is 22.7 Å². The SMILES string of the molecule is CC(C)Oc1cccc(/C=C/C(=O)Nc2cccc(C(F)(F)F)c2)c1. The average molecular weight is 349 g/mol. The van der Waals surface area contributed by atoms with Crippen LogP contribution in [0.1, 0.15) is 25.0 Å². The van der Waals surface area contributed by atoms with Crippen LogP contribution in [-0.2, 0) is 11.0 Å². The first kappa shape index (κ1) is 18.6. The summed E-state index contributed by atoms with van der Waals surface area (Å²) >= 11 is 0. The minimum Gasteiger partial charge on any atom is -0.491 e. The van der Waals surface area contributed by atoms with Gasteiger partial charge in [0.1, 0.15) is 5.75 Å². The van der Waals surface area contributed by atoms with Gasteiger partial charge >= 0.3 is 6.18 Å². The monoisotopic (exact) mass is 349 g/mol. The van der Waals surface area contributed by atoms with Crippen LogP contribution >= 0.6 is 0 Å². The molecule has 0 spiro atoms. The number of carbonyl (C=O) groups is 1. The van der Waals surface area contributed by atoms with E-state index in [0.29, 0.717) is 5.75 Å². The van der Waals surface area contributed by atoms with Gasteiger partial charge in [-0.2, -0.15) is 13.2 Å². The lowest BCUT2D eigenvalue weighted by molar-refractivity contribution is -0.137. The fourth-order valence-corrected chi connectivity index (χ4v) is 2.09. The van der Waals surface area contributed by atoms with Crippen LogP contribution in [0.15, 0.2) is 54.6 Å². The number of carbonyl (C=O) groups excluding carboxylic acids is 1. The predicted molar refractivity (Wildman–Crippen MR) is 91.3 cm³/mol. The molecule has 2 aromatic rings. The third-order valence-corrected chi connectivity index (χ3v) is 3.11. The maximum atomic E-state index is 12.7. The Morgan fingerprint density at radius 1 is 1.12 bits per heavy atom. The Bertz CT molecular complexity index is 767. The van der Waals surface area contributed by atoms with E-state index in [1.165, 1.54) is 18.2 Å². The van der Waals surface area contributed by atoms with Crippen LogP contribution < -0.4 is 10.1 Å². The quantitative estimate of drug-likeness (QED) is 0.759. The molecule has 0 radical (unpaired) electrons. The molecular weight excluding hydrogens is 331 g/mol. The lowest BCUT2D eigenvalue weighted by Gasteiger charge is -2.10. The molecule has 3 nitrogen and oxygen atoms in total. The molecule has 2 aromatic carbocycles. The van der Waals surface area contributed by atoms with Crippen molar-refractivity contribution in [2.24, 2.45) is 0 Å². The third kappa shape index (κ3) is 5.99. The molecular formula is C19H18F3NO2. The zero-order valence-electron chi connectivity index (χ0n) is 13.8. The van der Waals surface area contributed by atoms with Crippen LogP contribution in [0.5, 0.6) is 5.75 Å². The Kier molecular flexibility index (Phi) is 5.85. The first-order valence-corrected chi connectivity index (χ1v) is 7.67. The van der Waals surface area contributed by atoms with E-state index < -0.39 is 17.6 Å². The molecule has 6 heteroatoms. The maximum absolute atomic E-state index is 12.7. The van der Waals surface area contributed by atoms with Crippen molar-refractivity contribution in [3.05, 3.63) is 65.7 Å². The lowest BCUT2D eigenvalue weighted by Crippen LogP contribution is -2.10. The minimum absolute atomic E-state index is 0.0310. The summed E-state index contributed by atoms with van der Waals surface area (Å²) in [7, 11) is 0. The van der Waals surface area contributed by atoms with Crippen LogP contribution in [-0.4, -0.2) is 12.0 Å². The van der Waals surface area contributed by atoms with Gasteiger partial charge in [-0.05, 0) is 55.8 Å². The summed E-state index contributed by atoms with van der Waals surface area (Å²) in [5.74, 6) is 0.157. The number of hydrogen-bond acceptors (Lipinski definition) is 2. The number of anilines is 1. The number of ether oxygens (including phenoxy) is 1. The van der Waals surface area contributed by atoms with Crippen molar-refractivity contribution in [3.8, 4) is 5.75 Å². The molecule has 0 aliphatic heterocycles. The highest BCUT2D eigenvalue weighted by molar-refractivity contribution is 6.01. The molecule has 0 bridgehead atoms. The molecule has 0 aliphatic rings. The number of alkyl halides is 3. The molecule has 1 amide bonds. The van der Waals surface area contributed by atoms with E-state index in [0.717, 1.165) is 17.7 Å². The fraction of sp³-hybridized carbons (Fsp3) is 0.211. The van der Waals surface area contributed by atoms with Crippen molar-refractivity contribution in [3.63, 3.8) is 0 Å².